The van der Waals surface area contributed by atoms with Gasteiger partial charge in [-0.3, -0.25) is 4.79 Å². The summed E-state index contributed by atoms with van der Waals surface area (Å²) in [5.74, 6) is -0.258. The third-order valence-electron chi connectivity index (χ3n) is 8.77. The molecule has 0 aliphatic heterocycles. The van der Waals surface area contributed by atoms with Gasteiger partial charge in [0.2, 0.25) is 0 Å². The average Bonchev–Trinajstić information content (AvgIpc) is 2.83. The zero-order valence-electron chi connectivity index (χ0n) is 16.0. The van der Waals surface area contributed by atoms with Gasteiger partial charge in [-0.25, -0.2) is 0 Å². The number of fused-ring (bicyclic) bond motifs is 5. The summed E-state index contributed by atoms with van der Waals surface area (Å²) >= 11 is 0. The predicted molar refractivity (Wildman–Crippen MR) is 96.1 cm³/mol. The molecular formula is C21H32O5. The number of aliphatic hydroxyl groups excluding tert-OH is 3. The first-order valence-corrected chi connectivity index (χ1v) is 10.1. The lowest BCUT2D eigenvalue weighted by atomic mass is 9.46. The standard InChI is InChI=1S/C21H32O5/c1-11(22)12-5-7-21(26)14-8-16(23)15-9-17(24)18(25)10-19(15,2)13(14)4-6-20(12,21)3/h8,11-13,15,17-18,22,24-26H,4-7,9-10H2,1-3H3/t11-,12+,13-,15-,17+,18-,19+,20+,21+/m0/s1. The second-order valence-corrected chi connectivity index (χ2v) is 9.89. The Labute approximate surface area is 155 Å². The zero-order chi connectivity index (χ0) is 19.1. The average molecular weight is 364 g/mol. The summed E-state index contributed by atoms with van der Waals surface area (Å²) in [5.41, 5.74) is -1.11. The summed E-state index contributed by atoms with van der Waals surface area (Å²) in [4.78, 5) is 13.0. The van der Waals surface area contributed by atoms with Gasteiger partial charge in [0, 0.05) is 11.3 Å². The van der Waals surface area contributed by atoms with Gasteiger partial charge in [-0.05, 0) is 74.3 Å². The summed E-state index contributed by atoms with van der Waals surface area (Å²) in [6, 6.07) is 0. The molecule has 3 saturated carbocycles. The van der Waals surface area contributed by atoms with Crippen molar-refractivity contribution in [2.24, 2.45) is 28.6 Å². The molecule has 4 N–H and O–H groups in total. The number of aliphatic hydroxyl groups is 4. The Morgan fingerprint density at radius 3 is 2.46 bits per heavy atom. The Kier molecular flexibility index (Phi) is 4.03. The van der Waals surface area contributed by atoms with E-state index in [2.05, 4.69) is 13.8 Å². The highest BCUT2D eigenvalue weighted by molar-refractivity contribution is 5.95. The SMILES string of the molecule is C[C@H](O)[C@H]1CC[C@@]2(O)C3=CC(=O)[C@@H]4C[C@@H](O)[C@@H](O)C[C@]4(C)[C@H]3CC[C@]12C. The van der Waals surface area contributed by atoms with Crippen LogP contribution in [0.15, 0.2) is 11.6 Å². The topological polar surface area (TPSA) is 98.0 Å². The molecule has 0 heterocycles. The monoisotopic (exact) mass is 364 g/mol. The normalized spacial score (nSPS) is 54.8. The first-order valence-electron chi connectivity index (χ1n) is 10.1. The molecular weight excluding hydrogens is 332 g/mol. The Morgan fingerprint density at radius 2 is 1.81 bits per heavy atom. The fraction of sp³-hybridized carbons (Fsp3) is 0.857. The van der Waals surface area contributed by atoms with Crippen LogP contribution in [-0.4, -0.2) is 50.1 Å². The molecule has 9 atom stereocenters. The fourth-order valence-corrected chi connectivity index (χ4v) is 7.18. The van der Waals surface area contributed by atoms with Crippen LogP contribution in [0, 0.1) is 28.6 Å². The number of ketones is 1. The second-order valence-electron chi connectivity index (χ2n) is 9.89. The minimum Gasteiger partial charge on any atom is -0.393 e. The highest BCUT2D eigenvalue weighted by Gasteiger charge is 2.66. The number of hydrogen-bond acceptors (Lipinski definition) is 5. The fourth-order valence-electron chi connectivity index (χ4n) is 7.18. The van der Waals surface area contributed by atoms with Gasteiger partial charge in [-0.2, -0.15) is 0 Å². The number of allylic oxidation sites excluding steroid dienone is 1. The first kappa shape index (κ1) is 18.6. The molecule has 0 bridgehead atoms. The van der Waals surface area contributed by atoms with E-state index in [0.29, 0.717) is 19.3 Å². The molecule has 4 aliphatic carbocycles. The Hall–Kier alpha value is -0.750. The van der Waals surface area contributed by atoms with E-state index in [0.717, 1.165) is 24.8 Å². The highest BCUT2D eigenvalue weighted by atomic mass is 16.3. The third-order valence-corrected chi connectivity index (χ3v) is 8.77. The smallest absolute Gasteiger partial charge is 0.159 e. The van der Waals surface area contributed by atoms with Crippen molar-refractivity contribution in [3.8, 4) is 0 Å². The summed E-state index contributed by atoms with van der Waals surface area (Å²) in [6.45, 7) is 5.91. The van der Waals surface area contributed by atoms with E-state index in [-0.39, 0.29) is 23.5 Å². The van der Waals surface area contributed by atoms with Crippen LogP contribution in [0.1, 0.15) is 59.3 Å². The van der Waals surface area contributed by atoms with Crippen LogP contribution in [0.25, 0.3) is 0 Å². The van der Waals surface area contributed by atoms with Crippen molar-refractivity contribution in [3.05, 3.63) is 11.6 Å². The van der Waals surface area contributed by atoms with Crippen LogP contribution in [0.2, 0.25) is 0 Å². The summed E-state index contributed by atoms with van der Waals surface area (Å²) in [5, 5.41) is 42.4. The molecule has 146 valence electrons. The molecule has 3 fully saturated rings. The lowest BCUT2D eigenvalue weighted by molar-refractivity contribution is -0.154. The van der Waals surface area contributed by atoms with E-state index in [1.54, 1.807) is 13.0 Å². The van der Waals surface area contributed by atoms with Crippen LogP contribution < -0.4 is 0 Å². The molecule has 0 aromatic carbocycles. The molecule has 26 heavy (non-hydrogen) atoms. The van der Waals surface area contributed by atoms with Gasteiger partial charge >= 0.3 is 0 Å². The van der Waals surface area contributed by atoms with Crippen LogP contribution >= 0.6 is 0 Å². The van der Waals surface area contributed by atoms with Gasteiger partial charge < -0.3 is 20.4 Å². The quantitative estimate of drug-likeness (QED) is 0.566. The molecule has 0 aromatic heterocycles. The van der Waals surface area contributed by atoms with Crippen LogP contribution in [0.5, 0.6) is 0 Å². The number of carbonyl (C=O) groups is 1. The van der Waals surface area contributed by atoms with Crippen molar-refractivity contribution in [1.82, 2.24) is 0 Å². The maximum atomic E-state index is 13.0. The van der Waals surface area contributed by atoms with Crippen LogP contribution in [0.4, 0.5) is 0 Å². The molecule has 5 nitrogen and oxygen atoms in total. The van der Waals surface area contributed by atoms with E-state index in [9.17, 15) is 25.2 Å². The summed E-state index contributed by atoms with van der Waals surface area (Å²) in [7, 11) is 0. The maximum Gasteiger partial charge on any atom is 0.159 e. The minimum absolute atomic E-state index is 0.0220. The Bertz CT molecular complexity index is 657. The molecule has 0 radical (unpaired) electrons. The highest BCUT2D eigenvalue weighted by Crippen LogP contribution is 2.67. The number of hydrogen-bond donors (Lipinski definition) is 4. The Morgan fingerprint density at radius 1 is 1.12 bits per heavy atom. The number of carbonyl (C=O) groups excluding carboxylic acids is 1. The molecule has 4 rings (SSSR count). The van der Waals surface area contributed by atoms with Gasteiger partial charge in [-0.1, -0.05) is 13.8 Å². The molecule has 0 amide bonds. The van der Waals surface area contributed by atoms with E-state index in [4.69, 9.17) is 0 Å². The van der Waals surface area contributed by atoms with Crippen molar-refractivity contribution in [2.75, 3.05) is 0 Å². The van der Waals surface area contributed by atoms with E-state index < -0.39 is 34.7 Å². The molecule has 5 heteroatoms. The molecule has 4 aliphatic rings. The van der Waals surface area contributed by atoms with Crippen LogP contribution in [-0.2, 0) is 4.79 Å². The predicted octanol–water partition coefficient (Wildman–Crippen LogP) is 1.57. The van der Waals surface area contributed by atoms with Gasteiger partial charge in [0.05, 0.1) is 23.9 Å². The van der Waals surface area contributed by atoms with Crippen molar-refractivity contribution >= 4 is 5.78 Å². The van der Waals surface area contributed by atoms with E-state index in [1.807, 2.05) is 0 Å². The minimum atomic E-state index is -1.07. The van der Waals surface area contributed by atoms with Gasteiger partial charge in [0.1, 0.15) is 0 Å². The summed E-state index contributed by atoms with van der Waals surface area (Å²) < 4.78 is 0. The van der Waals surface area contributed by atoms with Crippen molar-refractivity contribution in [3.63, 3.8) is 0 Å². The van der Waals surface area contributed by atoms with Gasteiger partial charge in [0.15, 0.2) is 5.78 Å². The lowest BCUT2D eigenvalue weighted by Gasteiger charge is -2.60. The lowest BCUT2D eigenvalue weighted by Crippen LogP contribution is -2.61. The second kappa shape index (κ2) is 5.63. The van der Waals surface area contributed by atoms with Gasteiger partial charge in [-0.15, -0.1) is 0 Å². The molecule has 0 saturated heterocycles. The largest absolute Gasteiger partial charge is 0.393 e. The zero-order valence-corrected chi connectivity index (χ0v) is 16.0. The molecule has 0 aromatic rings. The number of rotatable bonds is 1. The molecule has 0 unspecified atom stereocenters. The maximum absolute atomic E-state index is 13.0. The Balaban J connectivity index is 1.79. The molecule has 0 spiro atoms. The van der Waals surface area contributed by atoms with Crippen LogP contribution in [0.3, 0.4) is 0 Å². The van der Waals surface area contributed by atoms with E-state index in [1.165, 1.54) is 0 Å². The van der Waals surface area contributed by atoms with E-state index >= 15 is 0 Å². The van der Waals surface area contributed by atoms with Gasteiger partial charge in [0.25, 0.3) is 0 Å². The van der Waals surface area contributed by atoms with Crippen molar-refractivity contribution in [1.29, 1.82) is 0 Å². The van der Waals surface area contributed by atoms with Crippen molar-refractivity contribution in [2.45, 2.75) is 83.2 Å². The summed E-state index contributed by atoms with van der Waals surface area (Å²) in [6.07, 6.45) is 3.15. The third kappa shape index (κ3) is 2.15. The van der Waals surface area contributed by atoms with Crippen molar-refractivity contribution < 1.29 is 25.2 Å². The first-order chi connectivity index (χ1) is 12.0.